The lowest BCUT2D eigenvalue weighted by atomic mass is 9.94. The fourth-order valence-corrected chi connectivity index (χ4v) is 10.3. The van der Waals surface area contributed by atoms with Crippen molar-refractivity contribution in [3.63, 3.8) is 0 Å². The average molecular weight is 1250 g/mol. The molecule has 0 spiro atoms. The highest BCUT2D eigenvalue weighted by Crippen LogP contribution is 2.36. The Hall–Kier alpha value is -9.04. The van der Waals surface area contributed by atoms with Crippen molar-refractivity contribution >= 4 is 67.9 Å². The Labute approximate surface area is 492 Å². The van der Waals surface area contributed by atoms with Crippen molar-refractivity contribution in [3.8, 4) is 18.2 Å². The SMILES string of the molecule is C[C@H]1C[C@@H](N)CN(c2c(F)cc(C#N)c3nccnc23)C1.C[C@H]1C[C@@H](NC(=O)C(N)C(F)(F)F)CN(c2c(F)cc(C#N)c3nccnc23)C1.C[C@H]1C[C@@H](NC(=O)C(N)C(F)(F)F)CN(c2c(F)cc(C#N)c3nccnc23)C1.NC(C(=O)O)C(F)(F)F. The molecule has 0 radical (unpaired) electrons. The van der Waals surface area contributed by atoms with E-state index in [-0.39, 0.29) is 81.1 Å². The van der Waals surface area contributed by atoms with E-state index in [4.69, 9.17) is 27.6 Å². The Morgan fingerprint density at radius 3 is 1.02 bits per heavy atom. The molecular weight excluding hydrogens is 1190 g/mol. The molecule has 6 heterocycles. The second-order valence-electron chi connectivity index (χ2n) is 21.2. The number of nitrogens with one attached hydrogen (secondary N) is 2. The normalized spacial score (nSPS) is 20.7. The number of rotatable bonds is 8. The summed E-state index contributed by atoms with van der Waals surface area (Å²) >= 11 is 0. The van der Waals surface area contributed by atoms with E-state index in [1.807, 2.05) is 37.0 Å². The lowest BCUT2D eigenvalue weighted by Gasteiger charge is -2.39. The Morgan fingerprint density at radius 1 is 0.500 bits per heavy atom. The highest BCUT2D eigenvalue weighted by atomic mass is 19.4. The molecule has 9 atom stereocenters. The van der Waals surface area contributed by atoms with Crippen molar-refractivity contribution in [2.45, 2.75) is 94.8 Å². The van der Waals surface area contributed by atoms with Crippen LogP contribution in [0.5, 0.6) is 0 Å². The van der Waals surface area contributed by atoms with Crippen LogP contribution in [0, 0.1) is 69.2 Å². The zero-order chi connectivity index (χ0) is 65.3. The van der Waals surface area contributed by atoms with Gasteiger partial charge >= 0.3 is 24.5 Å². The van der Waals surface area contributed by atoms with Gasteiger partial charge in [0.1, 0.15) is 85.8 Å². The smallest absolute Gasteiger partial charge is 0.414 e. The number of nitrogens with zero attached hydrogens (tertiary/aromatic N) is 12. The summed E-state index contributed by atoms with van der Waals surface area (Å²) in [5, 5.41) is 39.8. The summed E-state index contributed by atoms with van der Waals surface area (Å²) in [4.78, 5) is 63.3. The maximum Gasteiger partial charge on any atom is 0.414 e. The first-order valence-corrected chi connectivity index (χ1v) is 26.5. The Bertz CT molecular complexity index is 3490. The molecule has 88 heavy (non-hydrogen) atoms. The molecule has 9 rings (SSSR count). The Kier molecular flexibility index (Phi) is 21.8. The predicted molar refractivity (Wildman–Crippen MR) is 292 cm³/mol. The molecule has 0 bridgehead atoms. The minimum atomic E-state index is -4.85. The van der Waals surface area contributed by atoms with E-state index in [0.717, 1.165) is 25.1 Å². The number of carboxylic acid groups (broad SMARTS) is 1. The van der Waals surface area contributed by atoms with Gasteiger partial charge in [0.2, 0.25) is 11.8 Å². The Balaban J connectivity index is 0.000000199. The van der Waals surface area contributed by atoms with Crippen LogP contribution >= 0.6 is 0 Å². The molecule has 11 N–H and O–H groups in total. The minimum absolute atomic E-state index is 0.00974. The molecule has 3 aliphatic heterocycles. The van der Waals surface area contributed by atoms with Crippen LogP contribution in [0.1, 0.15) is 56.7 Å². The van der Waals surface area contributed by atoms with Crippen LogP contribution in [0.25, 0.3) is 33.1 Å². The summed E-state index contributed by atoms with van der Waals surface area (Å²) in [5.74, 6) is -6.29. The number of anilines is 3. The van der Waals surface area contributed by atoms with E-state index in [1.54, 1.807) is 9.80 Å². The zero-order valence-corrected chi connectivity index (χ0v) is 46.6. The molecular formula is C54H56F12N18O4. The number of hydrogen-bond donors (Lipinski definition) is 7. The molecule has 3 unspecified atom stereocenters. The largest absolute Gasteiger partial charge is 0.480 e. The van der Waals surface area contributed by atoms with Gasteiger partial charge in [0.25, 0.3) is 0 Å². The van der Waals surface area contributed by atoms with Gasteiger partial charge in [-0.05, 0) is 55.2 Å². The van der Waals surface area contributed by atoms with Crippen molar-refractivity contribution in [3.05, 3.63) is 89.5 Å². The third-order valence-electron chi connectivity index (χ3n) is 13.9. The lowest BCUT2D eigenvalue weighted by molar-refractivity contribution is -0.174. The maximum atomic E-state index is 14.8. The molecule has 22 nitrogen and oxygen atoms in total. The average Bonchev–Trinajstić information content (AvgIpc) is 1.65. The van der Waals surface area contributed by atoms with Gasteiger partial charge < -0.3 is 53.4 Å². The summed E-state index contributed by atoms with van der Waals surface area (Å²) in [6.45, 7) is 8.00. The third-order valence-corrected chi connectivity index (χ3v) is 13.9. The number of aliphatic carboxylic acids is 1. The van der Waals surface area contributed by atoms with E-state index < -0.39 is 84.0 Å². The maximum absolute atomic E-state index is 14.8. The number of carbonyl (C=O) groups excluding carboxylic acids is 2. The fourth-order valence-electron chi connectivity index (χ4n) is 10.3. The summed E-state index contributed by atoms with van der Waals surface area (Å²) in [6, 6.07) is -0.293. The number of carboxylic acids is 1. The quantitative estimate of drug-likeness (QED) is 0.0925. The van der Waals surface area contributed by atoms with Gasteiger partial charge in [-0.3, -0.25) is 44.3 Å². The number of nitriles is 3. The number of hydrogen-bond acceptors (Lipinski definition) is 19. The number of alkyl halides is 9. The van der Waals surface area contributed by atoms with Gasteiger partial charge in [0.05, 0.1) is 16.7 Å². The first kappa shape index (κ1) is 68.1. The van der Waals surface area contributed by atoms with Crippen molar-refractivity contribution < 1.29 is 72.2 Å². The fraction of sp³-hybridized carbons (Fsp3) is 0.444. The standard InChI is InChI=1S/2C18H18F4N6O.C15H16FN5.C3H4F3NO2/c2*1-9-4-11(27-17(29)16(24)18(20,21)22)8-28(7-9)15-12(19)5-10(6-23)13-14(15)26-3-2-25-13;1-9-4-11(18)8-21(7-9)15-12(16)5-10(6-17)13-14(15)20-3-2-19-13;4-3(5,6)1(7)2(8)9/h2*2-3,5,9,11,16H,4,7-8,24H2,1H3,(H,27,29);2-3,5,9,11H,4,7-8,18H2,1H3;1H,7H2,(H,8,9)/t2*9-,11+,16?;9-,11+;/m000./s1. The topological polar surface area (TPSA) is 358 Å². The van der Waals surface area contributed by atoms with E-state index >= 15 is 0 Å². The zero-order valence-electron chi connectivity index (χ0n) is 46.6. The van der Waals surface area contributed by atoms with Gasteiger partial charge in [-0.2, -0.15) is 55.3 Å². The van der Waals surface area contributed by atoms with E-state index in [9.17, 15) is 77.6 Å². The molecule has 2 amide bonds. The summed E-state index contributed by atoms with van der Waals surface area (Å²) in [6.07, 6.45) is -4.29. The second kappa shape index (κ2) is 28.2. The monoisotopic (exact) mass is 1250 g/mol. The number of fused-ring (bicyclic) bond motifs is 3. The van der Waals surface area contributed by atoms with Gasteiger partial charge in [0.15, 0.2) is 18.1 Å². The summed E-state index contributed by atoms with van der Waals surface area (Å²) < 4.78 is 154. The van der Waals surface area contributed by atoms with Crippen molar-refractivity contribution in [1.29, 1.82) is 15.8 Å². The van der Waals surface area contributed by atoms with Crippen LogP contribution in [-0.2, 0) is 14.4 Å². The highest BCUT2D eigenvalue weighted by molar-refractivity contribution is 5.94. The van der Waals surface area contributed by atoms with Gasteiger partial charge in [-0.25, -0.2) is 13.2 Å². The molecule has 34 heteroatoms. The molecule has 0 saturated carbocycles. The first-order chi connectivity index (χ1) is 41.2. The van der Waals surface area contributed by atoms with Crippen LogP contribution < -0.4 is 48.3 Å². The Morgan fingerprint density at radius 2 is 0.773 bits per heavy atom. The van der Waals surface area contributed by atoms with Gasteiger partial charge in [-0.1, -0.05) is 20.8 Å². The van der Waals surface area contributed by atoms with Crippen LogP contribution in [0.4, 0.5) is 69.7 Å². The van der Waals surface area contributed by atoms with Gasteiger partial charge in [0, 0.05) is 94.6 Å². The second-order valence-corrected chi connectivity index (χ2v) is 21.2. The third kappa shape index (κ3) is 16.5. The van der Waals surface area contributed by atoms with E-state index in [2.05, 4.69) is 53.2 Å². The minimum Gasteiger partial charge on any atom is -0.480 e. The molecule has 6 aromatic rings. The molecule has 3 fully saturated rings. The van der Waals surface area contributed by atoms with Crippen LogP contribution in [0.15, 0.2) is 55.4 Å². The van der Waals surface area contributed by atoms with Crippen molar-refractivity contribution in [2.75, 3.05) is 54.0 Å². The predicted octanol–water partition coefficient (Wildman–Crippen LogP) is 5.50. The number of carbonyl (C=O) groups is 3. The van der Waals surface area contributed by atoms with Crippen LogP contribution in [0.3, 0.4) is 0 Å². The number of nitrogens with two attached hydrogens (primary N) is 4. The van der Waals surface area contributed by atoms with Crippen LogP contribution in [-0.4, -0.2) is 147 Å². The molecule has 3 aromatic heterocycles. The summed E-state index contributed by atoms with van der Waals surface area (Å²) in [7, 11) is 0. The van der Waals surface area contributed by atoms with E-state index in [0.29, 0.717) is 55.1 Å². The molecule has 470 valence electrons. The number of amides is 2. The molecule has 0 aliphatic carbocycles. The first-order valence-electron chi connectivity index (χ1n) is 26.5. The van der Waals surface area contributed by atoms with Crippen molar-refractivity contribution in [2.24, 2.45) is 40.7 Å². The molecule has 3 saturated heterocycles. The number of benzene rings is 3. The van der Waals surface area contributed by atoms with E-state index in [1.165, 1.54) is 43.2 Å². The van der Waals surface area contributed by atoms with Crippen molar-refractivity contribution in [1.82, 2.24) is 40.5 Å². The molecule has 3 aliphatic rings. The number of aromatic nitrogens is 6. The van der Waals surface area contributed by atoms with Gasteiger partial charge in [-0.15, -0.1) is 0 Å². The highest BCUT2D eigenvalue weighted by Gasteiger charge is 2.45. The lowest BCUT2D eigenvalue weighted by Crippen LogP contribution is -2.57. The summed E-state index contributed by atoms with van der Waals surface area (Å²) in [5.41, 5.74) is 22.7. The molecule has 3 aromatic carbocycles. The number of piperidine rings is 3. The van der Waals surface area contributed by atoms with Crippen LogP contribution in [0.2, 0.25) is 0 Å². The number of halogens is 12.